The quantitative estimate of drug-likeness (QED) is 0.623. The van der Waals surface area contributed by atoms with Crippen molar-refractivity contribution in [1.29, 1.82) is 0 Å². The number of carbonyl (C=O) groups excluding carboxylic acids is 1. The standard InChI is InChI=1S/C11H16N3O2/c1-11(2,3)16-10(15)14-5-4-8-6-12-13-9(8)7-14/h6H,4-5,7H2,1-3H3. The first-order valence-electron chi connectivity index (χ1n) is 5.40. The van der Waals surface area contributed by atoms with E-state index >= 15 is 0 Å². The van der Waals surface area contributed by atoms with Crippen LogP contribution in [0.2, 0.25) is 0 Å². The van der Waals surface area contributed by atoms with Crippen LogP contribution in [0.25, 0.3) is 0 Å². The Hall–Kier alpha value is -1.52. The molecule has 0 saturated carbocycles. The molecule has 5 nitrogen and oxygen atoms in total. The highest BCUT2D eigenvalue weighted by Crippen LogP contribution is 2.20. The average molecular weight is 222 g/mol. The van der Waals surface area contributed by atoms with Gasteiger partial charge < -0.3 is 9.64 Å². The Morgan fingerprint density at radius 2 is 2.25 bits per heavy atom. The maximum Gasteiger partial charge on any atom is 0.410 e. The third kappa shape index (κ3) is 2.35. The van der Waals surface area contributed by atoms with E-state index in [9.17, 15) is 4.79 Å². The number of ether oxygens (including phenoxy) is 1. The Kier molecular flexibility index (Phi) is 2.61. The first-order chi connectivity index (χ1) is 7.46. The number of hydrogen-bond acceptors (Lipinski definition) is 3. The van der Waals surface area contributed by atoms with Crippen molar-refractivity contribution in [1.82, 2.24) is 10.3 Å². The van der Waals surface area contributed by atoms with E-state index in [0.717, 1.165) is 17.7 Å². The third-order valence-electron chi connectivity index (χ3n) is 2.41. The van der Waals surface area contributed by atoms with E-state index in [-0.39, 0.29) is 6.09 Å². The first kappa shape index (κ1) is 11.0. The second kappa shape index (κ2) is 3.81. The van der Waals surface area contributed by atoms with Gasteiger partial charge >= 0.3 is 6.09 Å². The van der Waals surface area contributed by atoms with Crippen molar-refractivity contribution >= 4 is 12.3 Å². The first-order valence-corrected chi connectivity index (χ1v) is 5.40. The normalized spacial score (nSPS) is 19.6. The molecule has 2 aliphatic heterocycles. The van der Waals surface area contributed by atoms with Crippen LogP contribution in [0, 0.1) is 0 Å². The van der Waals surface area contributed by atoms with Crippen LogP contribution in [0.3, 0.4) is 0 Å². The average Bonchev–Trinajstić information content (AvgIpc) is 2.61. The van der Waals surface area contributed by atoms with E-state index in [0.29, 0.717) is 13.1 Å². The van der Waals surface area contributed by atoms with Crippen molar-refractivity contribution in [3.8, 4) is 0 Å². The van der Waals surface area contributed by atoms with Gasteiger partial charge in [0.1, 0.15) is 5.60 Å². The lowest BCUT2D eigenvalue weighted by molar-refractivity contribution is 0.0258. The molecule has 0 saturated heterocycles. The van der Waals surface area contributed by atoms with Gasteiger partial charge in [0.2, 0.25) is 0 Å². The number of amides is 1. The zero-order chi connectivity index (χ0) is 11.8. The Bertz CT molecular complexity index is 366. The molecule has 0 unspecified atom stereocenters. The molecule has 1 amide bonds. The number of hydrogen-bond donors (Lipinski definition) is 0. The van der Waals surface area contributed by atoms with E-state index in [2.05, 4.69) is 10.5 Å². The lowest BCUT2D eigenvalue weighted by Gasteiger charge is -2.29. The molecular formula is C11H16N3O2. The Labute approximate surface area is 95.1 Å². The van der Waals surface area contributed by atoms with Gasteiger partial charge in [-0.3, -0.25) is 0 Å². The maximum absolute atomic E-state index is 11.8. The smallest absolute Gasteiger partial charge is 0.410 e. The zero-order valence-corrected chi connectivity index (χ0v) is 9.86. The molecule has 2 aliphatic rings. The van der Waals surface area contributed by atoms with Gasteiger partial charge in [-0.1, -0.05) is 0 Å². The Morgan fingerprint density at radius 3 is 2.94 bits per heavy atom. The lowest BCUT2D eigenvalue weighted by Crippen LogP contribution is -2.41. The van der Waals surface area contributed by atoms with Gasteiger partial charge in [-0.25, -0.2) is 4.79 Å². The van der Waals surface area contributed by atoms with Crippen molar-refractivity contribution < 1.29 is 9.53 Å². The molecule has 16 heavy (non-hydrogen) atoms. The molecule has 2 rings (SSSR count). The predicted octanol–water partition coefficient (Wildman–Crippen LogP) is 1.49. The van der Waals surface area contributed by atoms with Crippen LogP contribution >= 0.6 is 0 Å². The van der Waals surface area contributed by atoms with Crippen LogP contribution in [0.15, 0.2) is 16.4 Å². The van der Waals surface area contributed by atoms with Crippen LogP contribution < -0.4 is 5.43 Å². The summed E-state index contributed by atoms with van der Waals surface area (Å²) in [4.78, 5) is 13.5. The van der Waals surface area contributed by atoms with Crippen molar-refractivity contribution in [3.63, 3.8) is 0 Å². The van der Waals surface area contributed by atoms with E-state index in [4.69, 9.17) is 4.74 Å². The minimum atomic E-state index is -0.449. The molecule has 0 aromatic heterocycles. The Morgan fingerprint density at radius 1 is 1.50 bits per heavy atom. The molecule has 0 spiro atoms. The monoisotopic (exact) mass is 222 g/mol. The summed E-state index contributed by atoms with van der Waals surface area (Å²) in [6, 6.07) is 0. The maximum atomic E-state index is 11.8. The van der Waals surface area contributed by atoms with Gasteiger partial charge in [-0.15, -0.1) is 0 Å². The molecule has 0 N–H and O–H groups in total. The third-order valence-corrected chi connectivity index (χ3v) is 2.41. The van der Waals surface area contributed by atoms with Crippen molar-refractivity contribution in [2.75, 3.05) is 13.1 Å². The summed E-state index contributed by atoms with van der Waals surface area (Å²) in [6.07, 6.45) is 2.30. The molecule has 0 aromatic carbocycles. The van der Waals surface area contributed by atoms with Gasteiger partial charge in [-0.05, 0) is 32.8 Å². The summed E-state index contributed by atoms with van der Waals surface area (Å²) < 4.78 is 5.31. The molecule has 2 heterocycles. The summed E-state index contributed by atoms with van der Waals surface area (Å²) >= 11 is 0. The SMILES string of the molecule is CC(C)(C)OC(=O)N1CCC2=C(C1)[N]N=C2. The van der Waals surface area contributed by atoms with Crippen LogP contribution in [0.4, 0.5) is 4.79 Å². The summed E-state index contributed by atoms with van der Waals surface area (Å²) in [6.45, 7) is 6.77. The summed E-state index contributed by atoms with van der Waals surface area (Å²) in [5.41, 5.74) is 5.56. The largest absolute Gasteiger partial charge is 0.444 e. The predicted molar refractivity (Wildman–Crippen MR) is 60.1 cm³/mol. The lowest BCUT2D eigenvalue weighted by atomic mass is 10.1. The fourth-order valence-electron chi connectivity index (χ4n) is 1.65. The highest BCUT2D eigenvalue weighted by Gasteiger charge is 2.28. The highest BCUT2D eigenvalue weighted by atomic mass is 16.6. The molecule has 0 atom stereocenters. The van der Waals surface area contributed by atoms with Crippen LogP contribution in [0.1, 0.15) is 27.2 Å². The van der Waals surface area contributed by atoms with Gasteiger partial charge in [0.05, 0.1) is 18.5 Å². The second-order valence-electron chi connectivity index (χ2n) is 4.97. The molecule has 0 bridgehead atoms. The van der Waals surface area contributed by atoms with Crippen LogP contribution in [-0.2, 0) is 4.74 Å². The minimum absolute atomic E-state index is 0.277. The molecular weight excluding hydrogens is 206 g/mol. The molecule has 87 valence electrons. The van der Waals surface area contributed by atoms with E-state index < -0.39 is 5.60 Å². The van der Waals surface area contributed by atoms with E-state index in [1.807, 2.05) is 20.8 Å². The van der Waals surface area contributed by atoms with Crippen molar-refractivity contribution in [2.24, 2.45) is 5.10 Å². The van der Waals surface area contributed by atoms with Crippen molar-refractivity contribution in [3.05, 3.63) is 11.3 Å². The van der Waals surface area contributed by atoms with Gasteiger partial charge in [0.15, 0.2) is 0 Å². The Balaban J connectivity index is 1.96. The molecule has 0 aliphatic carbocycles. The fraction of sp³-hybridized carbons (Fsp3) is 0.636. The van der Waals surface area contributed by atoms with Crippen molar-refractivity contribution in [2.45, 2.75) is 32.8 Å². The number of rotatable bonds is 0. The summed E-state index contributed by atoms with van der Waals surface area (Å²) in [7, 11) is 0. The molecule has 1 radical (unpaired) electrons. The second-order valence-corrected chi connectivity index (χ2v) is 4.97. The van der Waals surface area contributed by atoms with Crippen LogP contribution in [-0.4, -0.2) is 35.9 Å². The van der Waals surface area contributed by atoms with Gasteiger partial charge in [-0.2, -0.15) is 10.5 Å². The number of nitrogens with zero attached hydrogens (tertiary/aromatic N) is 3. The van der Waals surface area contributed by atoms with Gasteiger partial charge in [0.25, 0.3) is 0 Å². The van der Waals surface area contributed by atoms with E-state index in [1.54, 1.807) is 11.1 Å². The number of carbonyl (C=O) groups is 1. The zero-order valence-electron chi connectivity index (χ0n) is 9.86. The fourth-order valence-corrected chi connectivity index (χ4v) is 1.65. The summed E-state index contributed by atoms with van der Waals surface area (Å²) in [5.74, 6) is 0. The summed E-state index contributed by atoms with van der Waals surface area (Å²) in [5, 5.41) is 3.84. The molecule has 0 aromatic rings. The molecule has 0 fully saturated rings. The highest BCUT2D eigenvalue weighted by molar-refractivity contribution is 5.82. The topological polar surface area (TPSA) is 56.0 Å². The molecule has 5 heteroatoms. The van der Waals surface area contributed by atoms with E-state index in [1.165, 1.54) is 0 Å². The minimum Gasteiger partial charge on any atom is -0.444 e. The van der Waals surface area contributed by atoms with Gasteiger partial charge in [0, 0.05) is 6.54 Å². The van der Waals surface area contributed by atoms with Crippen LogP contribution in [0.5, 0.6) is 0 Å².